The second-order valence-electron chi connectivity index (χ2n) is 9.54. The van der Waals surface area contributed by atoms with Gasteiger partial charge in [0.25, 0.3) is 11.7 Å². The number of carbonyl (C=O) groups is 2. The maximum absolute atomic E-state index is 13.5. The maximum Gasteiger partial charge on any atom is 0.300 e. The van der Waals surface area contributed by atoms with Crippen molar-refractivity contribution < 1.29 is 14.7 Å². The standard InChI is InChI=1S/C31H34N2O3/c1-7-32(8-2)24-15-13-23(14-16-24)28-27(29(34)25-17-19(3)9-11-21(25)5)30(35)31(36)33(28)26-18-20(4)10-12-22(26)6/h9-18,28,34H,7-8H2,1-6H3/b29-27+. The van der Waals surface area contributed by atoms with E-state index in [2.05, 4.69) is 18.7 Å². The molecular weight excluding hydrogens is 448 g/mol. The molecule has 0 radical (unpaired) electrons. The fourth-order valence-electron chi connectivity index (χ4n) is 4.97. The van der Waals surface area contributed by atoms with Gasteiger partial charge in [-0.25, -0.2) is 0 Å². The van der Waals surface area contributed by atoms with E-state index >= 15 is 0 Å². The average Bonchev–Trinajstić information content (AvgIpc) is 3.13. The highest BCUT2D eigenvalue weighted by atomic mass is 16.3. The molecule has 186 valence electrons. The molecule has 36 heavy (non-hydrogen) atoms. The number of nitrogens with zero attached hydrogens (tertiary/aromatic N) is 2. The van der Waals surface area contributed by atoms with Gasteiger partial charge in [0.05, 0.1) is 11.6 Å². The molecule has 0 saturated carbocycles. The van der Waals surface area contributed by atoms with E-state index in [-0.39, 0.29) is 11.3 Å². The van der Waals surface area contributed by atoms with Crippen molar-refractivity contribution in [3.8, 4) is 0 Å². The number of aliphatic hydroxyl groups excluding tert-OH is 1. The van der Waals surface area contributed by atoms with E-state index in [9.17, 15) is 14.7 Å². The van der Waals surface area contributed by atoms with Gasteiger partial charge in [-0.1, -0.05) is 42.0 Å². The molecule has 1 fully saturated rings. The zero-order valence-corrected chi connectivity index (χ0v) is 21.9. The second kappa shape index (κ2) is 10.0. The van der Waals surface area contributed by atoms with Crippen LogP contribution < -0.4 is 9.80 Å². The number of hydrogen-bond acceptors (Lipinski definition) is 4. The Morgan fingerprint density at radius 1 is 0.833 bits per heavy atom. The van der Waals surface area contributed by atoms with Crippen molar-refractivity contribution in [1.29, 1.82) is 0 Å². The fraction of sp³-hybridized carbons (Fsp3) is 0.290. The third kappa shape index (κ3) is 4.41. The highest BCUT2D eigenvalue weighted by Gasteiger charge is 2.47. The fourth-order valence-corrected chi connectivity index (χ4v) is 4.97. The number of aryl methyl sites for hydroxylation is 4. The van der Waals surface area contributed by atoms with E-state index in [1.54, 1.807) is 4.90 Å². The Kier molecular flexibility index (Phi) is 7.02. The second-order valence-corrected chi connectivity index (χ2v) is 9.54. The molecule has 0 spiro atoms. The van der Waals surface area contributed by atoms with Crippen LogP contribution in [0.4, 0.5) is 11.4 Å². The van der Waals surface area contributed by atoms with Crippen LogP contribution in [0.25, 0.3) is 5.76 Å². The molecule has 0 aromatic heterocycles. The van der Waals surface area contributed by atoms with Crippen LogP contribution in [-0.4, -0.2) is 29.9 Å². The zero-order valence-electron chi connectivity index (χ0n) is 21.9. The molecule has 1 aliphatic rings. The summed E-state index contributed by atoms with van der Waals surface area (Å²) >= 11 is 0. The molecule has 5 heteroatoms. The van der Waals surface area contributed by atoms with Crippen LogP contribution in [0.1, 0.15) is 53.3 Å². The van der Waals surface area contributed by atoms with Gasteiger partial charge in [0.15, 0.2) is 0 Å². The van der Waals surface area contributed by atoms with Crippen LogP contribution in [0.3, 0.4) is 0 Å². The predicted molar refractivity (Wildman–Crippen MR) is 147 cm³/mol. The number of aliphatic hydroxyl groups is 1. The Morgan fingerprint density at radius 3 is 2.03 bits per heavy atom. The minimum absolute atomic E-state index is 0.116. The summed E-state index contributed by atoms with van der Waals surface area (Å²) in [7, 11) is 0. The van der Waals surface area contributed by atoms with Crippen LogP contribution in [0, 0.1) is 27.7 Å². The van der Waals surface area contributed by atoms with Crippen LogP contribution in [-0.2, 0) is 9.59 Å². The quantitative estimate of drug-likeness (QED) is 0.251. The number of amides is 1. The molecule has 1 atom stereocenters. The summed E-state index contributed by atoms with van der Waals surface area (Å²) in [6, 6.07) is 18.8. The summed E-state index contributed by atoms with van der Waals surface area (Å²) < 4.78 is 0. The first-order valence-corrected chi connectivity index (χ1v) is 12.5. The monoisotopic (exact) mass is 482 g/mol. The summed E-state index contributed by atoms with van der Waals surface area (Å²) in [5.41, 5.74) is 6.89. The van der Waals surface area contributed by atoms with Gasteiger partial charge in [-0.05, 0) is 88.1 Å². The molecule has 1 heterocycles. The lowest BCUT2D eigenvalue weighted by atomic mass is 9.93. The maximum atomic E-state index is 13.5. The number of hydrogen-bond donors (Lipinski definition) is 1. The molecule has 1 amide bonds. The van der Waals surface area contributed by atoms with E-state index in [1.165, 1.54) is 0 Å². The Balaban J connectivity index is 1.96. The smallest absolute Gasteiger partial charge is 0.300 e. The SMILES string of the molecule is CCN(CC)c1ccc(C2/C(=C(\O)c3cc(C)ccc3C)C(=O)C(=O)N2c2cc(C)ccc2C)cc1. The van der Waals surface area contributed by atoms with Gasteiger partial charge in [-0.2, -0.15) is 0 Å². The van der Waals surface area contributed by atoms with Crippen molar-refractivity contribution in [1.82, 2.24) is 0 Å². The minimum atomic E-state index is -0.740. The molecule has 1 N–H and O–H groups in total. The van der Waals surface area contributed by atoms with Crippen molar-refractivity contribution in [2.75, 3.05) is 22.9 Å². The molecule has 1 saturated heterocycles. The largest absolute Gasteiger partial charge is 0.507 e. The van der Waals surface area contributed by atoms with Crippen molar-refractivity contribution >= 4 is 28.8 Å². The van der Waals surface area contributed by atoms with Crippen molar-refractivity contribution in [3.05, 3.63) is 99.6 Å². The van der Waals surface area contributed by atoms with Gasteiger partial charge in [0, 0.05) is 30.0 Å². The van der Waals surface area contributed by atoms with Crippen molar-refractivity contribution in [3.63, 3.8) is 0 Å². The van der Waals surface area contributed by atoms with E-state index in [0.717, 1.165) is 46.6 Å². The first-order valence-electron chi connectivity index (χ1n) is 12.5. The normalized spacial score (nSPS) is 17.1. The minimum Gasteiger partial charge on any atom is -0.507 e. The van der Waals surface area contributed by atoms with E-state index in [0.29, 0.717) is 11.3 Å². The highest BCUT2D eigenvalue weighted by Crippen LogP contribution is 2.44. The van der Waals surface area contributed by atoms with Gasteiger partial charge >= 0.3 is 0 Å². The lowest BCUT2D eigenvalue weighted by molar-refractivity contribution is -0.132. The summed E-state index contributed by atoms with van der Waals surface area (Å²) in [5, 5.41) is 11.5. The predicted octanol–water partition coefficient (Wildman–Crippen LogP) is 6.39. The molecule has 5 nitrogen and oxygen atoms in total. The van der Waals surface area contributed by atoms with Gasteiger partial charge in [0.1, 0.15) is 5.76 Å². The number of carbonyl (C=O) groups excluding carboxylic acids is 2. The molecule has 1 aliphatic heterocycles. The molecule has 3 aromatic rings. The summed E-state index contributed by atoms with van der Waals surface area (Å²) in [4.78, 5) is 30.9. The molecule has 3 aromatic carbocycles. The van der Waals surface area contributed by atoms with Crippen LogP contribution >= 0.6 is 0 Å². The first kappa shape index (κ1) is 25.2. The summed E-state index contributed by atoms with van der Waals surface area (Å²) in [5.74, 6) is -1.44. The van der Waals surface area contributed by atoms with Gasteiger partial charge in [-0.15, -0.1) is 0 Å². The lowest BCUT2D eigenvalue weighted by Gasteiger charge is -2.28. The number of ketones is 1. The molecular formula is C31H34N2O3. The third-order valence-electron chi connectivity index (χ3n) is 7.05. The summed E-state index contributed by atoms with van der Waals surface area (Å²) in [6.45, 7) is 13.7. The molecule has 0 bridgehead atoms. The average molecular weight is 483 g/mol. The van der Waals surface area contributed by atoms with Gasteiger partial charge in [-0.3, -0.25) is 14.5 Å². The van der Waals surface area contributed by atoms with Crippen LogP contribution in [0.2, 0.25) is 0 Å². The Bertz CT molecular complexity index is 1350. The number of benzene rings is 3. The zero-order chi connectivity index (χ0) is 26.1. The van der Waals surface area contributed by atoms with E-state index in [1.807, 2.05) is 88.4 Å². The third-order valence-corrected chi connectivity index (χ3v) is 7.05. The Labute approximate surface area is 213 Å². The topological polar surface area (TPSA) is 60.9 Å². The molecule has 1 unspecified atom stereocenters. The Morgan fingerprint density at radius 2 is 1.42 bits per heavy atom. The van der Waals surface area contributed by atoms with Gasteiger partial charge in [0.2, 0.25) is 0 Å². The van der Waals surface area contributed by atoms with Crippen LogP contribution in [0.15, 0.2) is 66.2 Å². The van der Waals surface area contributed by atoms with E-state index in [4.69, 9.17) is 0 Å². The Hall–Kier alpha value is -3.86. The van der Waals surface area contributed by atoms with Gasteiger partial charge < -0.3 is 10.0 Å². The molecule has 0 aliphatic carbocycles. The molecule has 4 rings (SSSR count). The van der Waals surface area contributed by atoms with Crippen molar-refractivity contribution in [2.24, 2.45) is 0 Å². The lowest BCUT2D eigenvalue weighted by Crippen LogP contribution is -2.30. The first-order chi connectivity index (χ1) is 17.2. The number of anilines is 2. The van der Waals surface area contributed by atoms with Crippen molar-refractivity contribution in [2.45, 2.75) is 47.6 Å². The van der Waals surface area contributed by atoms with E-state index < -0.39 is 17.7 Å². The van der Waals surface area contributed by atoms with Crippen LogP contribution in [0.5, 0.6) is 0 Å². The highest BCUT2D eigenvalue weighted by molar-refractivity contribution is 6.51. The number of Topliss-reactive ketones (excluding diaryl/α,β-unsaturated/α-hetero) is 1. The summed E-state index contributed by atoms with van der Waals surface area (Å²) in [6.07, 6.45) is 0. The number of rotatable bonds is 6.